The van der Waals surface area contributed by atoms with E-state index in [4.69, 9.17) is 11.6 Å². The number of hydrogen-bond donors (Lipinski definition) is 1. The van der Waals surface area contributed by atoms with E-state index >= 15 is 0 Å². The smallest absolute Gasteiger partial charge is 0.0409 e. The molecule has 0 saturated heterocycles. The van der Waals surface area contributed by atoms with Gasteiger partial charge >= 0.3 is 0 Å². The maximum absolute atomic E-state index is 5.99. The van der Waals surface area contributed by atoms with Gasteiger partial charge in [0.1, 0.15) is 0 Å². The zero-order valence-electron chi connectivity index (χ0n) is 10.2. The Kier molecular flexibility index (Phi) is 6.25. The second-order valence-electron chi connectivity index (χ2n) is 4.00. The molecule has 1 rings (SSSR count). The highest BCUT2D eigenvalue weighted by atomic mass is 35.5. The molecule has 1 nitrogen and oxygen atoms in total. The van der Waals surface area contributed by atoms with Crippen LogP contribution in [0.2, 0.25) is 5.02 Å². The van der Waals surface area contributed by atoms with Gasteiger partial charge in [-0.2, -0.15) is 11.8 Å². The molecule has 1 N–H and O–H groups in total. The summed E-state index contributed by atoms with van der Waals surface area (Å²) in [6.07, 6.45) is 3.31. The summed E-state index contributed by atoms with van der Waals surface area (Å²) < 4.78 is 0. The fourth-order valence-electron chi connectivity index (χ4n) is 1.71. The van der Waals surface area contributed by atoms with E-state index in [1.165, 1.54) is 5.56 Å². The Morgan fingerprint density at radius 2 is 2.19 bits per heavy atom. The van der Waals surface area contributed by atoms with Gasteiger partial charge in [0.2, 0.25) is 0 Å². The minimum absolute atomic E-state index is 0.357. The van der Waals surface area contributed by atoms with Crippen LogP contribution in [0, 0.1) is 0 Å². The monoisotopic (exact) mass is 257 g/mol. The van der Waals surface area contributed by atoms with Gasteiger partial charge in [0, 0.05) is 22.9 Å². The second-order valence-corrected chi connectivity index (χ2v) is 5.35. The van der Waals surface area contributed by atoms with Crippen molar-refractivity contribution in [2.24, 2.45) is 0 Å². The van der Waals surface area contributed by atoms with Gasteiger partial charge in [0.15, 0.2) is 0 Å². The van der Waals surface area contributed by atoms with Crippen LogP contribution in [0.25, 0.3) is 0 Å². The molecule has 0 fully saturated rings. The molecule has 0 amide bonds. The van der Waals surface area contributed by atoms with Crippen molar-refractivity contribution in [2.45, 2.75) is 32.4 Å². The highest BCUT2D eigenvalue weighted by Crippen LogP contribution is 2.18. The third-order valence-corrected chi connectivity index (χ3v) is 3.67. The lowest BCUT2D eigenvalue weighted by Crippen LogP contribution is -2.32. The highest BCUT2D eigenvalue weighted by molar-refractivity contribution is 7.98. The van der Waals surface area contributed by atoms with Gasteiger partial charge in [-0.1, -0.05) is 30.7 Å². The van der Waals surface area contributed by atoms with Crippen LogP contribution in [-0.4, -0.2) is 18.1 Å². The summed E-state index contributed by atoms with van der Waals surface area (Å²) in [5, 5.41) is 4.44. The van der Waals surface area contributed by atoms with Crippen LogP contribution in [0.15, 0.2) is 24.3 Å². The Labute approximate surface area is 108 Å². The summed E-state index contributed by atoms with van der Waals surface area (Å²) in [6.45, 7) is 4.41. The third-order valence-electron chi connectivity index (χ3n) is 2.70. The second kappa shape index (κ2) is 7.21. The van der Waals surface area contributed by atoms with Crippen LogP contribution in [0.4, 0.5) is 0 Å². The average Bonchev–Trinajstić information content (AvgIpc) is 2.28. The third kappa shape index (κ3) is 4.36. The molecule has 0 aliphatic heterocycles. The predicted molar refractivity (Wildman–Crippen MR) is 75.5 cm³/mol. The molecule has 2 unspecified atom stereocenters. The molecule has 0 aromatic heterocycles. The predicted octanol–water partition coefficient (Wildman–Crippen LogP) is 4.13. The Balaban J connectivity index is 2.60. The first-order chi connectivity index (χ1) is 7.67. The maximum Gasteiger partial charge on any atom is 0.0409 e. The molecule has 0 spiro atoms. The van der Waals surface area contributed by atoms with Crippen LogP contribution in [0.1, 0.15) is 31.9 Å². The Morgan fingerprint density at radius 3 is 2.75 bits per heavy atom. The fraction of sp³-hybridized carbons (Fsp3) is 0.538. The number of hydrogen-bond acceptors (Lipinski definition) is 2. The summed E-state index contributed by atoms with van der Waals surface area (Å²) in [7, 11) is 0. The molecule has 1 aromatic rings. The van der Waals surface area contributed by atoms with E-state index in [1.54, 1.807) is 0 Å². The number of thioether (sulfide) groups is 1. The number of rotatable bonds is 6. The lowest BCUT2D eigenvalue weighted by Gasteiger charge is -2.22. The summed E-state index contributed by atoms with van der Waals surface area (Å²) >= 11 is 7.87. The molecule has 0 heterocycles. The first-order valence-corrected chi connectivity index (χ1v) is 7.45. The zero-order chi connectivity index (χ0) is 12.0. The van der Waals surface area contributed by atoms with E-state index in [9.17, 15) is 0 Å². The highest BCUT2D eigenvalue weighted by Gasteiger charge is 2.11. The van der Waals surface area contributed by atoms with E-state index in [0.29, 0.717) is 12.1 Å². The van der Waals surface area contributed by atoms with Crippen LogP contribution in [-0.2, 0) is 0 Å². The van der Waals surface area contributed by atoms with Crippen molar-refractivity contribution >= 4 is 23.4 Å². The maximum atomic E-state index is 5.99. The van der Waals surface area contributed by atoms with E-state index in [-0.39, 0.29) is 0 Å². The quantitative estimate of drug-likeness (QED) is 0.822. The molecule has 0 radical (unpaired) electrons. The van der Waals surface area contributed by atoms with Crippen LogP contribution < -0.4 is 5.32 Å². The molecule has 0 bridgehead atoms. The molecular formula is C13H20ClNS. The summed E-state index contributed by atoms with van der Waals surface area (Å²) in [5.74, 6) is 1.15. The number of nitrogens with one attached hydrogen (secondary N) is 1. The largest absolute Gasteiger partial charge is 0.307 e. The summed E-state index contributed by atoms with van der Waals surface area (Å²) in [4.78, 5) is 0. The molecule has 0 aliphatic carbocycles. The molecule has 1 aromatic carbocycles. The van der Waals surface area contributed by atoms with E-state index < -0.39 is 0 Å². The molecule has 90 valence electrons. The van der Waals surface area contributed by atoms with Crippen LogP contribution in [0.3, 0.4) is 0 Å². The van der Waals surface area contributed by atoms with Gasteiger partial charge in [0.05, 0.1) is 0 Å². The van der Waals surface area contributed by atoms with Crippen molar-refractivity contribution in [3.05, 3.63) is 34.9 Å². The first-order valence-electron chi connectivity index (χ1n) is 5.67. The normalized spacial score (nSPS) is 14.8. The SMILES string of the molecule is CCC(CSC)NC(C)c1cccc(Cl)c1. The Bertz CT molecular complexity index is 317. The summed E-state index contributed by atoms with van der Waals surface area (Å²) in [5.41, 5.74) is 1.26. The Morgan fingerprint density at radius 1 is 1.44 bits per heavy atom. The minimum atomic E-state index is 0.357. The first kappa shape index (κ1) is 13.9. The molecule has 3 heteroatoms. The zero-order valence-corrected chi connectivity index (χ0v) is 11.7. The fourth-order valence-corrected chi connectivity index (χ4v) is 2.64. The molecule has 0 saturated carbocycles. The number of benzene rings is 1. The standard InChI is InChI=1S/C13H20ClNS/c1-4-13(9-16-3)15-10(2)11-6-5-7-12(14)8-11/h5-8,10,13,15H,4,9H2,1-3H3. The molecular weight excluding hydrogens is 238 g/mol. The van der Waals surface area contributed by atoms with Gasteiger partial charge in [-0.25, -0.2) is 0 Å². The average molecular weight is 258 g/mol. The van der Waals surface area contributed by atoms with E-state index in [1.807, 2.05) is 30.0 Å². The van der Waals surface area contributed by atoms with Crippen molar-refractivity contribution in [3.63, 3.8) is 0 Å². The minimum Gasteiger partial charge on any atom is -0.307 e. The Hall–Kier alpha value is -0.180. The van der Waals surface area contributed by atoms with E-state index in [2.05, 4.69) is 31.5 Å². The van der Waals surface area contributed by atoms with Crippen molar-refractivity contribution in [1.82, 2.24) is 5.32 Å². The van der Waals surface area contributed by atoms with Gasteiger partial charge in [0.25, 0.3) is 0 Å². The number of halogens is 1. The van der Waals surface area contributed by atoms with Gasteiger partial charge in [-0.3, -0.25) is 0 Å². The molecule has 16 heavy (non-hydrogen) atoms. The van der Waals surface area contributed by atoms with E-state index in [0.717, 1.165) is 17.2 Å². The lowest BCUT2D eigenvalue weighted by atomic mass is 10.1. The van der Waals surface area contributed by atoms with Crippen LogP contribution in [0.5, 0.6) is 0 Å². The van der Waals surface area contributed by atoms with Crippen molar-refractivity contribution < 1.29 is 0 Å². The van der Waals surface area contributed by atoms with Crippen molar-refractivity contribution in [1.29, 1.82) is 0 Å². The van der Waals surface area contributed by atoms with Gasteiger partial charge < -0.3 is 5.32 Å². The van der Waals surface area contributed by atoms with Crippen LogP contribution >= 0.6 is 23.4 Å². The topological polar surface area (TPSA) is 12.0 Å². The van der Waals surface area contributed by atoms with Gasteiger partial charge in [-0.05, 0) is 37.3 Å². The van der Waals surface area contributed by atoms with Crippen molar-refractivity contribution in [3.8, 4) is 0 Å². The lowest BCUT2D eigenvalue weighted by molar-refractivity contribution is 0.475. The summed E-state index contributed by atoms with van der Waals surface area (Å²) in [6, 6.07) is 9.00. The molecule has 2 atom stereocenters. The van der Waals surface area contributed by atoms with Crippen molar-refractivity contribution in [2.75, 3.05) is 12.0 Å². The molecule has 0 aliphatic rings. The van der Waals surface area contributed by atoms with Gasteiger partial charge in [-0.15, -0.1) is 0 Å².